The largest absolute Gasteiger partial charge is 0.465 e. The lowest BCUT2D eigenvalue weighted by atomic mass is 10.1. The van der Waals surface area contributed by atoms with E-state index in [-0.39, 0.29) is 17.0 Å². The SMILES string of the molecule is CCN(Sc1ccc(Oc2ccccc2)cc1)S(=O)(=O)c1ccc(C)c(C(=O)OC)c1. The van der Waals surface area contributed by atoms with Crippen LogP contribution >= 0.6 is 11.9 Å². The first-order chi connectivity index (χ1) is 14.8. The second-order valence-corrected chi connectivity index (χ2v) is 9.76. The Balaban J connectivity index is 1.79. The van der Waals surface area contributed by atoms with Gasteiger partial charge < -0.3 is 9.47 Å². The second kappa shape index (κ2) is 10.00. The van der Waals surface area contributed by atoms with Crippen LogP contribution in [0, 0.1) is 6.92 Å². The lowest BCUT2D eigenvalue weighted by Gasteiger charge is -2.20. The highest BCUT2D eigenvalue weighted by Gasteiger charge is 2.26. The standard InChI is InChI=1S/C23H23NO5S2/c1-4-24(31(26,27)21-15-10-17(2)22(16-21)23(25)28-3)30-20-13-11-19(12-14-20)29-18-8-6-5-7-9-18/h5-16H,4H2,1-3H3. The van der Waals surface area contributed by atoms with Gasteiger partial charge in [0.1, 0.15) is 11.5 Å². The number of sulfonamides is 1. The van der Waals surface area contributed by atoms with Crippen molar-refractivity contribution in [3.05, 3.63) is 83.9 Å². The summed E-state index contributed by atoms with van der Waals surface area (Å²) in [5, 5.41) is 0. The van der Waals surface area contributed by atoms with Crippen molar-refractivity contribution in [2.24, 2.45) is 0 Å². The van der Waals surface area contributed by atoms with E-state index in [1.54, 1.807) is 44.2 Å². The third-order valence-electron chi connectivity index (χ3n) is 4.45. The first-order valence-electron chi connectivity index (χ1n) is 9.57. The minimum absolute atomic E-state index is 0.0388. The van der Waals surface area contributed by atoms with E-state index in [1.165, 1.54) is 23.0 Å². The maximum atomic E-state index is 13.2. The van der Waals surface area contributed by atoms with Gasteiger partial charge in [0.15, 0.2) is 0 Å². The molecule has 0 heterocycles. The van der Waals surface area contributed by atoms with Crippen molar-refractivity contribution in [1.82, 2.24) is 3.71 Å². The number of ether oxygens (including phenoxy) is 2. The number of hydrogen-bond acceptors (Lipinski definition) is 6. The summed E-state index contributed by atoms with van der Waals surface area (Å²) >= 11 is 1.10. The summed E-state index contributed by atoms with van der Waals surface area (Å²) in [6, 6.07) is 21.0. The van der Waals surface area contributed by atoms with Crippen LogP contribution in [0.4, 0.5) is 0 Å². The van der Waals surface area contributed by atoms with Gasteiger partial charge >= 0.3 is 5.97 Å². The van der Waals surface area contributed by atoms with Gasteiger partial charge in [-0.2, -0.15) is 0 Å². The number of carbonyl (C=O) groups is 1. The fraction of sp³-hybridized carbons (Fsp3) is 0.174. The number of benzene rings is 3. The van der Waals surface area contributed by atoms with Gasteiger partial charge in [0, 0.05) is 11.4 Å². The quantitative estimate of drug-likeness (QED) is 0.338. The molecule has 0 aromatic heterocycles. The average molecular weight is 458 g/mol. The molecule has 0 radical (unpaired) electrons. The number of carbonyl (C=O) groups excluding carboxylic acids is 1. The Morgan fingerprint density at radius 1 is 0.968 bits per heavy atom. The van der Waals surface area contributed by atoms with Gasteiger partial charge in [-0.3, -0.25) is 0 Å². The second-order valence-electron chi connectivity index (χ2n) is 6.57. The number of hydrogen-bond donors (Lipinski definition) is 0. The third-order valence-corrected chi connectivity index (χ3v) is 7.85. The molecule has 31 heavy (non-hydrogen) atoms. The highest BCUT2D eigenvalue weighted by molar-refractivity contribution is 8.08. The molecule has 0 spiro atoms. The van der Waals surface area contributed by atoms with Crippen LogP contribution in [0.5, 0.6) is 11.5 Å². The fourth-order valence-corrected chi connectivity index (χ4v) is 5.42. The van der Waals surface area contributed by atoms with Crippen molar-refractivity contribution in [3.8, 4) is 11.5 Å². The molecule has 0 amide bonds. The van der Waals surface area contributed by atoms with Gasteiger partial charge in [0.2, 0.25) is 0 Å². The number of nitrogens with zero attached hydrogens (tertiary/aromatic N) is 1. The van der Waals surface area contributed by atoms with Crippen LogP contribution < -0.4 is 4.74 Å². The van der Waals surface area contributed by atoms with Crippen molar-refractivity contribution in [2.45, 2.75) is 23.6 Å². The van der Waals surface area contributed by atoms with Crippen LogP contribution in [0.25, 0.3) is 0 Å². The molecule has 3 aromatic carbocycles. The van der Waals surface area contributed by atoms with E-state index in [0.29, 0.717) is 11.3 Å². The van der Waals surface area contributed by atoms with Gasteiger partial charge in [-0.25, -0.2) is 13.2 Å². The van der Waals surface area contributed by atoms with Crippen LogP contribution in [0.3, 0.4) is 0 Å². The van der Waals surface area contributed by atoms with Gasteiger partial charge in [-0.05, 0) is 73.0 Å². The number of aryl methyl sites for hydroxylation is 1. The molecule has 0 fully saturated rings. The molecule has 3 aromatic rings. The number of para-hydroxylation sites is 1. The molecular weight excluding hydrogens is 434 g/mol. The molecule has 162 valence electrons. The van der Waals surface area contributed by atoms with E-state index < -0.39 is 16.0 Å². The first-order valence-corrected chi connectivity index (χ1v) is 11.8. The van der Waals surface area contributed by atoms with Crippen molar-refractivity contribution < 1.29 is 22.7 Å². The lowest BCUT2D eigenvalue weighted by Crippen LogP contribution is -2.24. The topological polar surface area (TPSA) is 72.9 Å². The Morgan fingerprint density at radius 2 is 1.61 bits per heavy atom. The van der Waals surface area contributed by atoms with E-state index >= 15 is 0 Å². The monoisotopic (exact) mass is 457 g/mol. The minimum Gasteiger partial charge on any atom is -0.465 e. The summed E-state index contributed by atoms with van der Waals surface area (Å²) < 4.78 is 38.2. The zero-order chi connectivity index (χ0) is 22.4. The predicted molar refractivity (Wildman–Crippen MR) is 121 cm³/mol. The van der Waals surface area contributed by atoms with E-state index in [9.17, 15) is 13.2 Å². The molecule has 0 unspecified atom stereocenters. The molecule has 0 aliphatic rings. The summed E-state index contributed by atoms with van der Waals surface area (Å²) in [5.74, 6) is 0.809. The Morgan fingerprint density at radius 3 is 2.23 bits per heavy atom. The van der Waals surface area contributed by atoms with Gasteiger partial charge in [0.05, 0.1) is 17.6 Å². The lowest BCUT2D eigenvalue weighted by molar-refractivity contribution is 0.0599. The van der Waals surface area contributed by atoms with Gasteiger partial charge in [-0.15, -0.1) is 3.71 Å². The Hall–Kier alpha value is -2.81. The predicted octanol–water partition coefficient (Wildman–Crippen LogP) is 5.29. The molecule has 3 rings (SSSR count). The van der Waals surface area contributed by atoms with Crippen molar-refractivity contribution in [3.63, 3.8) is 0 Å². The Labute approximate surface area is 187 Å². The molecule has 0 atom stereocenters. The van der Waals surface area contributed by atoms with Crippen molar-refractivity contribution in [2.75, 3.05) is 13.7 Å². The smallest absolute Gasteiger partial charge is 0.338 e. The number of esters is 1. The number of methoxy groups -OCH3 is 1. The third kappa shape index (κ3) is 5.46. The van der Waals surface area contributed by atoms with Crippen molar-refractivity contribution >= 4 is 27.9 Å². The Kier molecular flexibility index (Phi) is 7.37. The van der Waals surface area contributed by atoms with Gasteiger partial charge in [-0.1, -0.05) is 31.2 Å². The zero-order valence-corrected chi connectivity index (χ0v) is 19.1. The maximum absolute atomic E-state index is 13.2. The van der Waals surface area contributed by atoms with Crippen LogP contribution in [-0.2, 0) is 14.8 Å². The molecule has 0 saturated heterocycles. The summed E-state index contributed by atoms with van der Waals surface area (Å²) in [6.45, 7) is 3.73. The molecule has 0 N–H and O–H groups in total. The normalized spacial score (nSPS) is 11.4. The molecular formula is C23H23NO5S2. The maximum Gasteiger partial charge on any atom is 0.338 e. The zero-order valence-electron chi connectivity index (χ0n) is 17.4. The molecule has 0 aliphatic carbocycles. The molecule has 0 bridgehead atoms. The number of rotatable bonds is 8. The molecule has 8 heteroatoms. The van der Waals surface area contributed by atoms with Gasteiger partial charge in [0.25, 0.3) is 10.0 Å². The summed E-state index contributed by atoms with van der Waals surface area (Å²) in [4.78, 5) is 12.7. The Bertz CT molecular complexity index is 1150. The minimum atomic E-state index is -3.83. The van der Waals surface area contributed by atoms with Crippen LogP contribution in [-0.4, -0.2) is 31.8 Å². The molecule has 0 saturated carbocycles. The fourth-order valence-electron chi connectivity index (χ4n) is 2.80. The molecule has 0 aliphatic heterocycles. The average Bonchev–Trinajstić information content (AvgIpc) is 2.78. The highest BCUT2D eigenvalue weighted by atomic mass is 32.3. The molecule has 6 nitrogen and oxygen atoms in total. The van der Waals surface area contributed by atoms with E-state index in [1.807, 2.05) is 30.3 Å². The van der Waals surface area contributed by atoms with Crippen LogP contribution in [0.1, 0.15) is 22.8 Å². The highest BCUT2D eigenvalue weighted by Crippen LogP contribution is 2.32. The summed E-state index contributed by atoms with van der Waals surface area (Å²) in [6.07, 6.45) is 0. The van der Waals surface area contributed by atoms with Crippen LogP contribution in [0.2, 0.25) is 0 Å². The van der Waals surface area contributed by atoms with E-state index in [2.05, 4.69) is 0 Å². The van der Waals surface area contributed by atoms with E-state index in [4.69, 9.17) is 9.47 Å². The summed E-state index contributed by atoms with van der Waals surface area (Å²) in [5.41, 5.74) is 0.877. The van der Waals surface area contributed by atoms with E-state index in [0.717, 1.165) is 22.6 Å². The van der Waals surface area contributed by atoms with Crippen molar-refractivity contribution in [1.29, 1.82) is 0 Å². The summed E-state index contributed by atoms with van der Waals surface area (Å²) in [7, 11) is -2.57. The van der Waals surface area contributed by atoms with Crippen LogP contribution in [0.15, 0.2) is 82.6 Å². The first kappa shape index (κ1) is 22.9.